The molecule has 1 unspecified atom stereocenters. The van der Waals surface area contributed by atoms with E-state index in [0.29, 0.717) is 23.7 Å². The molecule has 1 atom stereocenters. The van der Waals surface area contributed by atoms with E-state index in [1.165, 1.54) is 24.3 Å². The molecule has 0 saturated carbocycles. The van der Waals surface area contributed by atoms with E-state index in [4.69, 9.17) is 14.3 Å². The number of piperidine rings is 1. The van der Waals surface area contributed by atoms with Crippen molar-refractivity contribution in [2.45, 2.75) is 39.3 Å². The van der Waals surface area contributed by atoms with Crippen LogP contribution in [0.2, 0.25) is 0 Å². The van der Waals surface area contributed by atoms with Gasteiger partial charge in [-0.25, -0.2) is 14.2 Å². The number of benzene rings is 2. The van der Waals surface area contributed by atoms with Crippen LogP contribution in [0.15, 0.2) is 59.4 Å². The fourth-order valence-electron chi connectivity index (χ4n) is 4.95. The van der Waals surface area contributed by atoms with Crippen molar-refractivity contribution in [1.29, 1.82) is 0 Å². The van der Waals surface area contributed by atoms with Gasteiger partial charge in [0.25, 0.3) is 0 Å². The second kappa shape index (κ2) is 9.72. The molecule has 0 bridgehead atoms. The number of rotatable bonds is 6. The third-order valence-electron chi connectivity index (χ3n) is 6.61. The Bertz CT molecular complexity index is 1400. The van der Waals surface area contributed by atoms with Crippen LogP contribution in [-0.4, -0.2) is 46.5 Å². The van der Waals surface area contributed by atoms with Crippen LogP contribution in [0.25, 0.3) is 11.8 Å². The van der Waals surface area contributed by atoms with Gasteiger partial charge in [0.1, 0.15) is 17.4 Å². The SMILES string of the molecule is CCOC(=O)C1(c2ccc(F)cc2)ON=C2/C(=C/c3ccc(-n4cc(C)nc4C)c(OC)c3)CCCN21. The molecular formula is C28H29FN4O4. The third kappa shape index (κ3) is 4.24. The number of aromatic nitrogens is 2. The third-order valence-corrected chi connectivity index (χ3v) is 6.61. The fraction of sp³-hybridized carbons (Fsp3) is 0.321. The number of methoxy groups -OCH3 is 1. The number of aryl methyl sites for hydroxylation is 2. The molecule has 0 radical (unpaired) electrons. The van der Waals surface area contributed by atoms with Gasteiger partial charge in [-0.2, -0.15) is 0 Å². The van der Waals surface area contributed by atoms with Gasteiger partial charge in [-0.15, -0.1) is 0 Å². The van der Waals surface area contributed by atoms with Crippen LogP contribution in [0.1, 0.15) is 42.4 Å². The van der Waals surface area contributed by atoms with Crippen LogP contribution in [0.3, 0.4) is 0 Å². The summed E-state index contributed by atoms with van der Waals surface area (Å²) in [6, 6.07) is 11.6. The maximum absolute atomic E-state index is 13.7. The van der Waals surface area contributed by atoms with Crippen molar-refractivity contribution in [2.75, 3.05) is 20.3 Å². The number of halogens is 1. The zero-order chi connectivity index (χ0) is 26.2. The number of oxime groups is 1. The molecule has 5 rings (SSSR count). The molecular weight excluding hydrogens is 475 g/mol. The van der Waals surface area contributed by atoms with Gasteiger partial charge < -0.3 is 23.8 Å². The number of hydrogen-bond donors (Lipinski definition) is 0. The van der Waals surface area contributed by atoms with Crippen molar-refractivity contribution >= 4 is 17.9 Å². The normalized spacial score (nSPS) is 19.9. The molecule has 0 N–H and O–H groups in total. The Labute approximate surface area is 215 Å². The van der Waals surface area contributed by atoms with Crippen molar-refractivity contribution in [1.82, 2.24) is 14.5 Å². The topological polar surface area (TPSA) is 78.2 Å². The number of ether oxygens (including phenoxy) is 2. The van der Waals surface area contributed by atoms with Gasteiger partial charge in [0, 0.05) is 18.3 Å². The summed E-state index contributed by atoms with van der Waals surface area (Å²) in [5.74, 6) is 1.16. The van der Waals surface area contributed by atoms with Crippen molar-refractivity contribution in [3.05, 3.63) is 82.7 Å². The first-order valence-corrected chi connectivity index (χ1v) is 12.3. The molecule has 37 heavy (non-hydrogen) atoms. The van der Waals surface area contributed by atoms with Crippen LogP contribution in [0, 0.1) is 19.7 Å². The first-order valence-electron chi connectivity index (χ1n) is 12.3. The Morgan fingerprint density at radius 3 is 2.68 bits per heavy atom. The first-order chi connectivity index (χ1) is 17.9. The Hall–Kier alpha value is -4.14. The highest BCUT2D eigenvalue weighted by Gasteiger charge is 2.57. The van der Waals surface area contributed by atoms with Gasteiger partial charge in [-0.3, -0.25) is 0 Å². The van der Waals surface area contributed by atoms with E-state index in [1.807, 2.05) is 53.8 Å². The molecule has 8 nitrogen and oxygen atoms in total. The minimum absolute atomic E-state index is 0.180. The smallest absolute Gasteiger partial charge is 0.380 e. The average Bonchev–Trinajstić information content (AvgIpc) is 3.45. The number of nitrogens with zero attached hydrogens (tertiary/aromatic N) is 4. The van der Waals surface area contributed by atoms with Gasteiger partial charge in [-0.05, 0) is 87.2 Å². The summed E-state index contributed by atoms with van der Waals surface area (Å²) in [6.45, 7) is 6.36. The lowest BCUT2D eigenvalue weighted by Gasteiger charge is -2.37. The Morgan fingerprint density at radius 1 is 1.22 bits per heavy atom. The van der Waals surface area contributed by atoms with Crippen LogP contribution in [-0.2, 0) is 20.1 Å². The van der Waals surface area contributed by atoms with Gasteiger partial charge in [0.2, 0.25) is 0 Å². The zero-order valence-electron chi connectivity index (χ0n) is 21.3. The second-order valence-electron chi connectivity index (χ2n) is 9.03. The number of esters is 1. The second-order valence-corrected chi connectivity index (χ2v) is 9.03. The Kier molecular flexibility index (Phi) is 6.45. The highest BCUT2D eigenvalue weighted by molar-refractivity contribution is 6.06. The lowest BCUT2D eigenvalue weighted by molar-refractivity contribution is -0.189. The monoisotopic (exact) mass is 504 g/mol. The molecule has 1 fully saturated rings. The summed E-state index contributed by atoms with van der Waals surface area (Å²) in [7, 11) is 1.64. The maximum Gasteiger partial charge on any atom is 0.380 e. The van der Waals surface area contributed by atoms with E-state index in [-0.39, 0.29) is 6.61 Å². The van der Waals surface area contributed by atoms with E-state index < -0.39 is 17.5 Å². The van der Waals surface area contributed by atoms with Crippen LogP contribution in [0.4, 0.5) is 4.39 Å². The van der Waals surface area contributed by atoms with Crippen molar-refractivity contribution in [3.63, 3.8) is 0 Å². The predicted octanol–water partition coefficient (Wildman–Crippen LogP) is 4.88. The molecule has 0 aliphatic carbocycles. The van der Waals surface area contributed by atoms with Crippen LogP contribution in [0.5, 0.6) is 5.75 Å². The Balaban J connectivity index is 1.51. The molecule has 1 aromatic heterocycles. The summed E-state index contributed by atoms with van der Waals surface area (Å²) in [4.78, 5) is 25.4. The van der Waals surface area contributed by atoms with E-state index >= 15 is 0 Å². The number of fused-ring (bicyclic) bond motifs is 1. The van der Waals surface area contributed by atoms with E-state index in [9.17, 15) is 9.18 Å². The highest BCUT2D eigenvalue weighted by Crippen LogP contribution is 2.41. The lowest BCUT2D eigenvalue weighted by atomic mass is 9.94. The van der Waals surface area contributed by atoms with Crippen molar-refractivity contribution < 1.29 is 23.5 Å². The standard InChI is InChI=1S/C28H29FN4O4/c1-5-36-27(34)28(22-9-11-23(29)12-10-22)33-14-6-7-21(26(33)31-37-28)15-20-8-13-24(25(16-20)35-4)32-17-18(2)30-19(32)3/h8-13,15-17H,5-7,14H2,1-4H3/b21-15+. The minimum atomic E-state index is -1.60. The van der Waals surface area contributed by atoms with E-state index in [0.717, 1.165) is 41.2 Å². The van der Waals surface area contributed by atoms with Gasteiger partial charge in [0.15, 0.2) is 5.84 Å². The van der Waals surface area contributed by atoms with Gasteiger partial charge >= 0.3 is 11.7 Å². The molecule has 2 aliphatic heterocycles. The molecule has 9 heteroatoms. The maximum atomic E-state index is 13.7. The van der Waals surface area contributed by atoms with Gasteiger partial charge in [-0.1, -0.05) is 11.2 Å². The van der Waals surface area contributed by atoms with E-state index in [1.54, 1.807) is 14.0 Å². The largest absolute Gasteiger partial charge is 0.495 e. The van der Waals surface area contributed by atoms with Crippen LogP contribution < -0.4 is 4.74 Å². The quantitative estimate of drug-likeness (QED) is 0.446. The molecule has 3 heterocycles. The average molecular weight is 505 g/mol. The minimum Gasteiger partial charge on any atom is -0.495 e. The molecule has 0 spiro atoms. The number of imidazole rings is 1. The summed E-state index contributed by atoms with van der Waals surface area (Å²) in [6.07, 6.45) is 5.53. The molecule has 0 amide bonds. The Morgan fingerprint density at radius 2 is 2.00 bits per heavy atom. The lowest BCUT2D eigenvalue weighted by Crippen LogP contribution is -2.54. The zero-order valence-corrected chi connectivity index (χ0v) is 21.3. The molecule has 3 aromatic rings. The van der Waals surface area contributed by atoms with Crippen molar-refractivity contribution in [2.24, 2.45) is 5.16 Å². The molecule has 1 saturated heterocycles. The first kappa shape index (κ1) is 24.5. The summed E-state index contributed by atoms with van der Waals surface area (Å²) >= 11 is 0. The molecule has 2 aliphatic rings. The summed E-state index contributed by atoms with van der Waals surface area (Å²) in [5.41, 5.74) is 2.53. The van der Waals surface area contributed by atoms with Gasteiger partial charge in [0.05, 0.1) is 25.1 Å². The molecule has 192 valence electrons. The summed E-state index contributed by atoms with van der Waals surface area (Å²) < 4.78 is 26.8. The number of carbonyl (C=O) groups is 1. The predicted molar refractivity (Wildman–Crippen MR) is 137 cm³/mol. The number of amidine groups is 1. The van der Waals surface area contributed by atoms with Crippen LogP contribution >= 0.6 is 0 Å². The number of hydrogen-bond acceptors (Lipinski definition) is 7. The van der Waals surface area contributed by atoms with E-state index in [2.05, 4.69) is 10.1 Å². The highest BCUT2D eigenvalue weighted by atomic mass is 19.1. The fourth-order valence-corrected chi connectivity index (χ4v) is 4.95. The molecule has 2 aromatic carbocycles. The van der Waals surface area contributed by atoms with Crippen molar-refractivity contribution in [3.8, 4) is 11.4 Å². The summed E-state index contributed by atoms with van der Waals surface area (Å²) in [5, 5.41) is 4.35. The number of carbonyl (C=O) groups excluding carboxylic acids is 1.